The minimum Gasteiger partial charge on any atom is -0.299 e. The Hall–Kier alpha value is -1.90. The second-order valence-corrected chi connectivity index (χ2v) is 7.43. The lowest BCUT2D eigenvalue weighted by molar-refractivity contribution is 0.293. The van der Waals surface area contributed by atoms with Crippen molar-refractivity contribution in [3.63, 3.8) is 0 Å². The molecule has 1 atom stereocenters. The molecule has 1 fully saturated rings. The number of rotatable bonds is 4. The summed E-state index contributed by atoms with van der Waals surface area (Å²) >= 11 is 0. The van der Waals surface area contributed by atoms with Gasteiger partial charge in [-0.25, -0.2) is 0 Å². The summed E-state index contributed by atoms with van der Waals surface area (Å²) in [6.07, 6.45) is 6.22. The standard InChI is InChI=1S/C23H28N2/c1-24-15-7-12-23(24)22-11-6-5-10-21(22)20-13-16-25(17-14-20)18-19-8-3-2-4-9-19/h2-6,8-11,13,23H,7,12,14-18H2,1H3/t23-/m1/s1. The zero-order valence-corrected chi connectivity index (χ0v) is 15.2. The highest BCUT2D eigenvalue weighted by Crippen LogP contribution is 2.36. The van der Waals surface area contributed by atoms with Crippen LogP contribution < -0.4 is 0 Å². The molecule has 2 aromatic rings. The molecule has 1 saturated heterocycles. The first-order chi connectivity index (χ1) is 12.3. The van der Waals surface area contributed by atoms with Crippen molar-refractivity contribution in [1.29, 1.82) is 0 Å². The Morgan fingerprint density at radius 1 is 0.960 bits per heavy atom. The van der Waals surface area contributed by atoms with Crippen molar-refractivity contribution in [3.8, 4) is 0 Å². The van der Waals surface area contributed by atoms with Crippen LogP contribution in [0.4, 0.5) is 0 Å². The maximum atomic E-state index is 2.54. The Labute approximate surface area is 151 Å². The first kappa shape index (κ1) is 16.6. The fourth-order valence-electron chi connectivity index (χ4n) is 4.32. The molecule has 25 heavy (non-hydrogen) atoms. The molecule has 130 valence electrons. The van der Waals surface area contributed by atoms with E-state index in [9.17, 15) is 0 Å². The first-order valence-electron chi connectivity index (χ1n) is 9.56. The van der Waals surface area contributed by atoms with Crippen molar-refractivity contribution in [2.75, 3.05) is 26.7 Å². The van der Waals surface area contributed by atoms with Gasteiger partial charge in [-0.3, -0.25) is 9.80 Å². The van der Waals surface area contributed by atoms with Crippen LogP contribution in [0.25, 0.3) is 5.57 Å². The molecule has 2 heterocycles. The number of nitrogens with zero attached hydrogens (tertiary/aromatic N) is 2. The Bertz CT molecular complexity index is 735. The molecular formula is C23H28N2. The van der Waals surface area contributed by atoms with E-state index < -0.39 is 0 Å². The van der Waals surface area contributed by atoms with E-state index in [4.69, 9.17) is 0 Å². The molecule has 0 aliphatic carbocycles. The summed E-state index contributed by atoms with van der Waals surface area (Å²) in [5.74, 6) is 0. The second kappa shape index (κ2) is 7.55. The molecule has 2 heteroatoms. The molecule has 2 nitrogen and oxygen atoms in total. The molecule has 2 aliphatic rings. The zero-order valence-electron chi connectivity index (χ0n) is 15.2. The molecule has 2 aromatic carbocycles. The third-order valence-electron chi connectivity index (χ3n) is 5.73. The molecular weight excluding hydrogens is 304 g/mol. The summed E-state index contributed by atoms with van der Waals surface area (Å²) in [5.41, 5.74) is 5.97. The van der Waals surface area contributed by atoms with Gasteiger partial charge in [-0.1, -0.05) is 60.7 Å². The highest BCUT2D eigenvalue weighted by atomic mass is 15.1. The summed E-state index contributed by atoms with van der Waals surface area (Å²) in [5, 5.41) is 0. The molecule has 0 amide bonds. The SMILES string of the molecule is CN1CCC[C@@H]1c1ccccc1C1=CCN(Cc2ccccc2)CC1. The van der Waals surface area contributed by atoms with Crippen molar-refractivity contribution in [2.24, 2.45) is 0 Å². The summed E-state index contributed by atoms with van der Waals surface area (Å²) in [4.78, 5) is 5.06. The van der Waals surface area contributed by atoms with Crippen LogP contribution in [0.5, 0.6) is 0 Å². The predicted octanol–water partition coefficient (Wildman–Crippen LogP) is 4.74. The molecule has 0 unspecified atom stereocenters. The zero-order chi connectivity index (χ0) is 17.1. The van der Waals surface area contributed by atoms with Crippen molar-refractivity contribution in [2.45, 2.75) is 31.8 Å². The Morgan fingerprint density at radius 2 is 1.76 bits per heavy atom. The smallest absolute Gasteiger partial charge is 0.0351 e. The molecule has 0 bridgehead atoms. The van der Waals surface area contributed by atoms with Crippen LogP contribution in [0, 0.1) is 0 Å². The van der Waals surface area contributed by atoms with E-state index >= 15 is 0 Å². The lowest BCUT2D eigenvalue weighted by atomic mass is 9.90. The topological polar surface area (TPSA) is 6.48 Å². The van der Waals surface area contributed by atoms with Gasteiger partial charge in [-0.2, -0.15) is 0 Å². The van der Waals surface area contributed by atoms with Gasteiger partial charge in [0.2, 0.25) is 0 Å². The van der Waals surface area contributed by atoms with Crippen molar-refractivity contribution in [1.82, 2.24) is 9.80 Å². The monoisotopic (exact) mass is 332 g/mol. The summed E-state index contributed by atoms with van der Waals surface area (Å²) < 4.78 is 0. The second-order valence-electron chi connectivity index (χ2n) is 7.43. The Kier molecular flexibility index (Phi) is 5.00. The van der Waals surface area contributed by atoms with Crippen LogP contribution >= 0.6 is 0 Å². The van der Waals surface area contributed by atoms with E-state index in [0.717, 1.165) is 26.1 Å². The molecule has 0 radical (unpaired) electrons. The van der Waals surface area contributed by atoms with Gasteiger partial charge >= 0.3 is 0 Å². The minimum atomic E-state index is 0.597. The van der Waals surface area contributed by atoms with E-state index in [1.54, 1.807) is 5.57 Å². The van der Waals surface area contributed by atoms with E-state index in [-0.39, 0.29) is 0 Å². The van der Waals surface area contributed by atoms with Crippen LogP contribution in [-0.2, 0) is 6.54 Å². The quantitative estimate of drug-likeness (QED) is 0.798. The summed E-state index contributed by atoms with van der Waals surface area (Å²) in [7, 11) is 2.27. The fourth-order valence-corrected chi connectivity index (χ4v) is 4.32. The number of hydrogen-bond acceptors (Lipinski definition) is 2. The van der Waals surface area contributed by atoms with Gasteiger partial charge in [0.15, 0.2) is 0 Å². The van der Waals surface area contributed by atoms with Crippen molar-refractivity contribution >= 4 is 5.57 Å². The Morgan fingerprint density at radius 3 is 2.48 bits per heavy atom. The van der Waals surface area contributed by atoms with Crippen molar-refractivity contribution in [3.05, 3.63) is 77.4 Å². The van der Waals surface area contributed by atoms with E-state index in [1.165, 1.54) is 36.1 Å². The van der Waals surface area contributed by atoms with Gasteiger partial charge in [0.1, 0.15) is 0 Å². The van der Waals surface area contributed by atoms with Gasteiger partial charge < -0.3 is 0 Å². The Balaban J connectivity index is 1.50. The normalized spacial score (nSPS) is 22.1. The molecule has 0 saturated carbocycles. The van der Waals surface area contributed by atoms with Gasteiger partial charge in [0.25, 0.3) is 0 Å². The first-order valence-corrected chi connectivity index (χ1v) is 9.56. The average Bonchev–Trinajstić information content (AvgIpc) is 3.09. The van der Waals surface area contributed by atoms with Crippen LogP contribution in [0.15, 0.2) is 60.7 Å². The maximum absolute atomic E-state index is 2.54. The van der Waals surface area contributed by atoms with E-state index in [1.807, 2.05) is 0 Å². The summed E-state index contributed by atoms with van der Waals surface area (Å²) in [6, 6.07) is 20.5. The van der Waals surface area contributed by atoms with Gasteiger partial charge in [0, 0.05) is 25.7 Å². The van der Waals surface area contributed by atoms with E-state index in [0.29, 0.717) is 6.04 Å². The largest absolute Gasteiger partial charge is 0.299 e. The van der Waals surface area contributed by atoms with Crippen LogP contribution in [0.3, 0.4) is 0 Å². The summed E-state index contributed by atoms with van der Waals surface area (Å²) in [6.45, 7) is 4.48. The number of likely N-dealkylation sites (tertiary alicyclic amines) is 1. The molecule has 4 rings (SSSR count). The average molecular weight is 332 g/mol. The fraction of sp³-hybridized carbons (Fsp3) is 0.391. The third kappa shape index (κ3) is 3.70. The van der Waals surface area contributed by atoms with Crippen LogP contribution in [0.1, 0.15) is 42.0 Å². The highest BCUT2D eigenvalue weighted by Gasteiger charge is 2.26. The lowest BCUT2D eigenvalue weighted by Gasteiger charge is -2.29. The lowest BCUT2D eigenvalue weighted by Crippen LogP contribution is -2.28. The minimum absolute atomic E-state index is 0.597. The molecule has 0 N–H and O–H groups in total. The van der Waals surface area contributed by atoms with Crippen LogP contribution in [0.2, 0.25) is 0 Å². The number of hydrogen-bond donors (Lipinski definition) is 0. The van der Waals surface area contributed by atoms with Gasteiger partial charge in [-0.15, -0.1) is 0 Å². The van der Waals surface area contributed by atoms with Gasteiger partial charge in [-0.05, 0) is 55.1 Å². The van der Waals surface area contributed by atoms with Gasteiger partial charge in [0.05, 0.1) is 0 Å². The molecule has 0 spiro atoms. The van der Waals surface area contributed by atoms with E-state index in [2.05, 4.69) is 77.5 Å². The maximum Gasteiger partial charge on any atom is 0.0351 e. The van der Waals surface area contributed by atoms with Crippen LogP contribution in [-0.4, -0.2) is 36.5 Å². The molecule has 2 aliphatic heterocycles. The number of benzene rings is 2. The highest BCUT2D eigenvalue weighted by molar-refractivity contribution is 5.69. The van der Waals surface area contributed by atoms with Crippen molar-refractivity contribution < 1.29 is 0 Å². The molecule has 0 aromatic heterocycles. The predicted molar refractivity (Wildman–Crippen MR) is 105 cm³/mol. The third-order valence-corrected chi connectivity index (χ3v) is 5.73.